The van der Waals surface area contributed by atoms with Crippen molar-refractivity contribution in [3.05, 3.63) is 65.2 Å². The molecule has 1 aromatic heterocycles. The van der Waals surface area contributed by atoms with E-state index < -0.39 is 0 Å². The molecule has 5 rings (SSSR count). The number of anilines is 1. The van der Waals surface area contributed by atoms with E-state index in [1.807, 2.05) is 30.5 Å². The van der Waals surface area contributed by atoms with Gasteiger partial charge in [-0.05, 0) is 77.8 Å². The maximum absolute atomic E-state index is 11.9. The molecule has 2 aliphatic rings. The Morgan fingerprint density at radius 1 is 1.03 bits per heavy atom. The predicted octanol–water partition coefficient (Wildman–Crippen LogP) is 5.15. The molecule has 0 radical (unpaired) electrons. The Morgan fingerprint density at radius 3 is 2.53 bits per heavy atom. The number of nitrogens with zero attached hydrogens (tertiary/aromatic N) is 3. The molecular weight excluding hydrogens is 444 g/mol. The van der Waals surface area contributed by atoms with Crippen LogP contribution in [0.25, 0.3) is 28.1 Å². The lowest BCUT2D eigenvalue weighted by Crippen LogP contribution is -2.46. The molecule has 34 heavy (non-hydrogen) atoms. The molecule has 2 aromatic carbocycles. The Hall–Kier alpha value is -3.16. The van der Waals surface area contributed by atoms with Gasteiger partial charge < -0.3 is 4.90 Å². The van der Waals surface area contributed by atoms with Crippen molar-refractivity contribution in [2.24, 2.45) is 0 Å². The lowest BCUT2D eigenvalue weighted by molar-refractivity contribution is -0.115. The van der Waals surface area contributed by atoms with Gasteiger partial charge in [0.1, 0.15) is 0 Å². The first-order valence-corrected chi connectivity index (χ1v) is 12.6. The van der Waals surface area contributed by atoms with E-state index in [4.69, 9.17) is 0 Å². The summed E-state index contributed by atoms with van der Waals surface area (Å²) in [5.74, 6) is -0.344. The lowest BCUT2D eigenvalue weighted by atomic mass is 9.99. The number of benzene rings is 2. The van der Waals surface area contributed by atoms with Crippen LogP contribution in [0, 0.1) is 0 Å². The molecule has 0 spiro atoms. The third kappa shape index (κ3) is 4.86. The number of hydrogen-bond donors (Lipinski definition) is 1. The second kappa shape index (κ2) is 9.99. The lowest BCUT2D eigenvalue weighted by Gasteiger charge is -2.36. The molecule has 0 bridgehead atoms. The largest absolute Gasteiger partial charge is 0.369 e. The number of fused-ring (bicyclic) bond motifs is 1. The molecule has 2 amide bonds. The van der Waals surface area contributed by atoms with Crippen LogP contribution in [0.3, 0.4) is 0 Å². The zero-order valence-corrected chi connectivity index (χ0v) is 20.1. The number of pyridine rings is 1. The van der Waals surface area contributed by atoms with Gasteiger partial charge in [0.25, 0.3) is 11.1 Å². The Labute approximate surface area is 204 Å². The van der Waals surface area contributed by atoms with E-state index in [9.17, 15) is 9.59 Å². The summed E-state index contributed by atoms with van der Waals surface area (Å²) >= 11 is 0.932. The Morgan fingerprint density at radius 2 is 1.82 bits per heavy atom. The fourth-order valence-electron chi connectivity index (χ4n) is 4.54. The number of rotatable bonds is 6. The summed E-state index contributed by atoms with van der Waals surface area (Å²) in [6, 6.07) is 16.7. The first-order valence-electron chi connectivity index (χ1n) is 11.8. The second-order valence-electron chi connectivity index (χ2n) is 8.72. The van der Waals surface area contributed by atoms with Crippen molar-refractivity contribution in [1.82, 2.24) is 15.2 Å². The van der Waals surface area contributed by atoms with Gasteiger partial charge in [-0.15, -0.1) is 0 Å². The molecule has 0 saturated carbocycles. The SMILES string of the molecule is CCCCN1CCN(c2ccc(-c3ccnc4ccc(C=C5SC(=O)NC5=O)cc34)cc2)CC1. The van der Waals surface area contributed by atoms with E-state index in [-0.39, 0.29) is 11.1 Å². The van der Waals surface area contributed by atoms with Crippen molar-refractivity contribution in [1.29, 1.82) is 0 Å². The maximum Gasteiger partial charge on any atom is 0.290 e. The number of carbonyl (C=O) groups excluding carboxylic acids is 2. The minimum Gasteiger partial charge on any atom is -0.369 e. The van der Waals surface area contributed by atoms with E-state index in [1.54, 1.807) is 6.08 Å². The summed E-state index contributed by atoms with van der Waals surface area (Å²) in [6.45, 7) is 7.82. The average molecular weight is 473 g/mol. The van der Waals surface area contributed by atoms with Crippen LogP contribution in [-0.4, -0.2) is 53.8 Å². The standard InChI is InChI=1S/C27H28N4O2S/c1-2-3-12-30-13-15-31(16-14-30)21-7-5-20(6-8-21)22-10-11-28-24-9-4-19(17-23(22)24)18-25-26(32)29-27(33)34-25/h4-11,17-18H,2-3,12-16H2,1H3,(H,29,32,33). The molecule has 2 aliphatic heterocycles. The number of amides is 2. The quantitative estimate of drug-likeness (QED) is 0.501. The van der Waals surface area contributed by atoms with E-state index >= 15 is 0 Å². The highest BCUT2D eigenvalue weighted by Crippen LogP contribution is 2.32. The molecule has 0 atom stereocenters. The first kappa shape index (κ1) is 22.6. The van der Waals surface area contributed by atoms with Crippen LogP contribution in [-0.2, 0) is 4.79 Å². The van der Waals surface area contributed by atoms with Gasteiger partial charge in [-0.3, -0.25) is 24.8 Å². The van der Waals surface area contributed by atoms with Crippen molar-refractivity contribution in [2.45, 2.75) is 19.8 Å². The van der Waals surface area contributed by atoms with Gasteiger partial charge in [-0.2, -0.15) is 0 Å². The second-order valence-corrected chi connectivity index (χ2v) is 9.73. The van der Waals surface area contributed by atoms with Gasteiger partial charge in [0.15, 0.2) is 0 Å². The van der Waals surface area contributed by atoms with Crippen LogP contribution in [0.15, 0.2) is 59.6 Å². The number of unbranched alkanes of at least 4 members (excludes halogenated alkanes) is 1. The maximum atomic E-state index is 11.9. The number of thioether (sulfide) groups is 1. The molecule has 3 heterocycles. The van der Waals surface area contributed by atoms with Crippen molar-refractivity contribution < 1.29 is 9.59 Å². The Kier molecular flexibility index (Phi) is 6.65. The Bertz CT molecular complexity index is 1250. The molecule has 6 nitrogen and oxygen atoms in total. The Balaban J connectivity index is 1.37. The number of nitrogens with one attached hydrogen (secondary N) is 1. The third-order valence-corrected chi connectivity index (χ3v) is 7.26. The number of carbonyl (C=O) groups is 2. The van der Waals surface area contributed by atoms with Gasteiger partial charge in [-0.25, -0.2) is 0 Å². The number of piperazine rings is 1. The summed E-state index contributed by atoms with van der Waals surface area (Å²) in [5, 5.41) is 2.99. The molecule has 7 heteroatoms. The van der Waals surface area contributed by atoms with Crippen LogP contribution in [0.5, 0.6) is 0 Å². The van der Waals surface area contributed by atoms with Gasteiger partial charge in [0, 0.05) is 43.4 Å². The minimum absolute atomic E-state index is 0.332. The van der Waals surface area contributed by atoms with Crippen LogP contribution in [0.4, 0.5) is 10.5 Å². The predicted molar refractivity (Wildman–Crippen MR) is 140 cm³/mol. The first-order chi connectivity index (χ1) is 16.6. The van der Waals surface area contributed by atoms with Gasteiger partial charge >= 0.3 is 0 Å². The van der Waals surface area contributed by atoms with Crippen LogP contribution in [0.2, 0.25) is 0 Å². The smallest absolute Gasteiger partial charge is 0.290 e. The van der Waals surface area contributed by atoms with Gasteiger partial charge in [-0.1, -0.05) is 31.5 Å². The summed E-state index contributed by atoms with van der Waals surface area (Å²) in [5.41, 5.74) is 5.25. The fourth-order valence-corrected chi connectivity index (χ4v) is 5.22. The molecule has 0 aliphatic carbocycles. The zero-order valence-electron chi connectivity index (χ0n) is 19.3. The van der Waals surface area contributed by atoms with Crippen LogP contribution in [0.1, 0.15) is 25.3 Å². The number of imide groups is 1. The molecular formula is C27H28N4O2S. The molecule has 2 fully saturated rings. The number of aromatic nitrogens is 1. The summed E-state index contributed by atoms with van der Waals surface area (Å²) in [4.78, 5) is 33.4. The fraction of sp³-hybridized carbons (Fsp3) is 0.296. The van der Waals surface area contributed by atoms with Crippen LogP contribution < -0.4 is 10.2 Å². The van der Waals surface area contributed by atoms with Crippen LogP contribution >= 0.6 is 11.8 Å². The van der Waals surface area contributed by atoms with Gasteiger partial charge in [0.2, 0.25) is 0 Å². The summed E-state index contributed by atoms with van der Waals surface area (Å²) in [7, 11) is 0. The average Bonchev–Trinajstić information content (AvgIpc) is 3.19. The van der Waals surface area contributed by atoms with E-state index in [0.717, 1.165) is 65.5 Å². The van der Waals surface area contributed by atoms with Crippen molar-refractivity contribution in [2.75, 3.05) is 37.6 Å². The van der Waals surface area contributed by atoms with Crippen molar-refractivity contribution >= 4 is 45.6 Å². The van der Waals surface area contributed by atoms with Crippen molar-refractivity contribution in [3.63, 3.8) is 0 Å². The summed E-state index contributed by atoms with van der Waals surface area (Å²) in [6.07, 6.45) is 6.11. The monoisotopic (exact) mass is 472 g/mol. The van der Waals surface area contributed by atoms with Crippen molar-refractivity contribution in [3.8, 4) is 11.1 Å². The number of hydrogen-bond acceptors (Lipinski definition) is 6. The van der Waals surface area contributed by atoms with E-state index in [2.05, 4.69) is 51.3 Å². The molecule has 3 aromatic rings. The normalized spacial score (nSPS) is 18.1. The molecule has 0 unspecified atom stereocenters. The summed E-state index contributed by atoms with van der Waals surface area (Å²) < 4.78 is 0. The van der Waals surface area contributed by atoms with E-state index in [0.29, 0.717) is 4.91 Å². The third-order valence-electron chi connectivity index (χ3n) is 6.45. The highest BCUT2D eigenvalue weighted by atomic mass is 32.2. The topological polar surface area (TPSA) is 65.5 Å². The minimum atomic E-state index is -0.344. The highest BCUT2D eigenvalue weighted by Gasteiger charge is 2.25. The highest BCUT2D eigenvalue weighted by molar-refractivity contribution is 8.18. The molecule has 1 N–H and O–H groups in total. The molecule has 174 valence electrons. The van der Waals surface area contributed by atoms with E-state index in [1.165, 1.54) is 25.1 Å². The molecule has 2 saturated heterocycles. The van der Waals surface area contributed by atoms with Gasteiger partial charge in [0.05, 0.1) is 10.4 Å². The zero-order chi connectivity index (χ0) is 23.5.